The number of nitrogens with zero attached hydrogens (tertiary/aromatic N) is 2. The Labute approximate surface area is 230 Å². The molecule has 0 fully saturated rings. The minimum absolute atomic E-state index is 0.0120. The number of aliphatic hydroxyl groups excluding tert-OH is 2. The number of carbonyl (C=O) groups is 4. The fraction of sp³-hybridized carbons (Fsp3) is 0.481. The van der Waals surface area contributed by atoms with Crippen LogP contribution in [0.3, 0.4) is 0 Å². The van der Waals surface area contributed by atoms with Gasteiger partial charge in [0.1, 0.15) is 22.8 Å². The van der Waals surface area contributed by atoms with Crippen LogP contribution in [-0.2, 0) is 36.8 Å². The van der Waals surface area contributed by atoms with Gasteiger partial charge in [0.2, 0.25) is 5.78 Å². The van der Waals surface area contributed by atoms with Crippen LogP contribution in [0.4, 0.5) is 11.4 Å². The molecular weight excluding hydrogens is 524 g/mol. The number of likely N-dealkylation sites (N-methyl/N-ethyl adjacent to an activating group) is 1. The number of amides is 2. The van der Waals surface area contributed by atoms with Gasteiger partial charge < -0.3 is 41.1 Å². The van der Waals surface area contributed by atoms with E-state index < -0.39 is 64.1 Å². The lowest BCUT2D eigenvalue weighted by Crippen LogP contribution is -2.63. The number of hydrogen-bond donors (Lipinski definition) is 6. The largest absolute Gasteiger partial charge is 0.510 e. The van der Waals surface area contributed by atoms with Crippen LogP contribution < -0.4 is 16.0 Å². The Kier molecular flexibility index (Phi) is 7.32. The highest BCUT2D eigenvalue weighted by Gasteiger charge is 2.62. The van der Waals surface area contributed by atoms with E-state index >= 15 is 0 Å². The van der Waals surface area contributed by atoms with Crippen LogP contribution in [-0.4, -0.2) is 95.3 Å². The van der Waals surface area contributed by atoms with E-state index in [-0.39, 0.29) is 42.9 Å². The maximum Gasteiger partial charge on any atom is 0.397 e. The molecule has 0 saturated carbocycles. The Morgan fingerprint density at radius 2 is 1.80 bits per heavy atom. The zero-order chi connectivity index (χ0) is 29.8. The van der Waals surface area contributed by atoms with Crippen molar-refractivity contribution in [3.8, 4) is 5.75 Å². The van der Waals surface area contributed by atoms with Crippen LogP contribution in [0.25, 0.3) is 0 Å². The monoisotopic (exact) mass is 558 g/mol. The third kappa shape index (κ3) is 4.25. The number of aromatic hydroxyl groups is 1. The second-order valence-corrected chi connectivity index (χ2v) is 10.7. The molecule has 3 unspecified atom stereocenters. The Hall–Kier alpha value is -4.10. The summed E-state index contributed by atoms with van der Waals surface area (Å²) in [6.45, 7) is 1.54. The maximum absolute atomic E-state index is 13.4. The van der Waals surface area contributed by atoms with Gasteiger partial charge in [0, 0.05) is 37.7 Å². The molecule has 13 nitrogen and oxygen atoms in total. The number of rotatable bonds is 5. The van der Waals surface area contributed by atoms with Crippen LogP contribution in [0.2, 0.25) is 0 Å². The number of ketones is 1. The number of nitrogens with one attached hydrogen (secondary N) is 1. The number of aliphatic hydroxyl groups is 3. The molecule has 4 atom stereocenters. The lowest BCUT2D eigenvalue weighted by molar-refractivity contribution is -0.152. The van der Waals surface area contributed by atoms with Gasteiger partial charge in [-0.25, -0.2) is 4.79 Å². The first kappa shape index (κ1) is 28.9. The van der Waals surface area contributed by atoms with E-state index in [0.717, 1.165) is 0 Å². The molecule has 0 spiro atoms. The average molecular weight is 559 g/mol. The predicted molar refractivity (Wildman–Crippen MR) is 143 cm³/mol. The number of fused-ring (bicyclic) bond motifs is 3. The van der Waals surface area contributed by atoms with Crippen molar-refractivity contribution >= 4 is 34.9 Å². The number of hydrogen-bond acceptors (Lipinski definition) is 11. The van der Waals surface area contributed by atoms with Gasteiger partial charge >= 0.3 is 11.9 Å². The average Bonchev–Trinajstić information content (AvgIpc) is 2.86. The van der Waals surface area contributed by atoms with Crippen LogP contribution in [0, 0.1) is 11.8 Å². The Morgan fingerprint density at radius 3 is 2.35 bits per heavy atom. The Morgan fingerprint density at radius 1 is 1.15 bits per heavy atom. The van der Waals surface area contributed by atoms with Gasteiger partial charge in [0.05, 0.1) is 18.3 Å². The second-order valence-electron chi connectivity index (χ2n) is 10.7. The lowest BCUT2D eigenvalue weighted by atomic mass is 9.58. The molecule has 4 rings (SSSR count). The van der Waals surface area contributed by atoms with Gasteiger partial charge in [0.15, 0.2) is 5.60 Å². The maximum atomic E-state index is 13.4. The van der Waals surface area contributed by atoms with Crippen molar-refractivity contribution in [3.05, 3.63) is 39.9 Å². The summed E-state index contributed by atoms with van der Waals surface area (Å²) < 4.78 is 4.72. The quantitative estimate of drug-likeness (QED) is 0.123. The second kappa shape index (κ2) is 10.1. The van der Waals surface area contributed by atoms with Crippen molar-refractivity contribution in [2.75, 3.05) is 45.0 Å². The van der Waals surface area contributed by atoms with E-state index in [1.54, 1.807) is 44.9 Å². The van der Waals surface area contributed by atoms with E-state index in [2.05, 4.69) is 5.32 Å². The first-order chi connectivity index (χ1) is 18.7. The molecular formula is C27H34N4O9. The number of ether oxygens (including phenoxy) is 1. The summed E-state index contributed by atoms with van der Waals surface area (Å²) in [7, 11) is 6.75. The number of esters is 1. The molecule has 40 heavy (non-hydrogen) atoms. The summed E-state index contributed by atoms with van der Waals surface area (Å²) in [6, 6.07) is 0.539. The zero-order valence-corrected chi connectivity index (χ0v) is 22.9. The van der Waals surface area contributed by atoms with Crippen LogP contribution >= 0.6 is 0 Å². The third-order valence-electron chi connectivity index (χ3n) is 8.03. The van der Waals surface area contributed by atoms with Crippen molar-refractivity contribution < 1.29 is 44.3 Å². The Balaban J connectivity index is 1.86. The summed E-state index contributed by atoms with van der Waals surface area (Å²) in [4.78, 5) is 53.1. The third-order valence-corrected chi connectivity index (χ3v) is 8.03. The molecule has 1 aromatic carbocycles. The molecule has 0 heterocycles. The van der Waals surface area contributed by atoms with Crippen molar-refractivity contribution in [2.24, 2.45) is 17.6 Å². The fourth-order valence-electron chi connectivity index (χ4n) is 6.26. The molecule has 0 bridgehead atoms. The number of carbonyl (C=O) groups excluding carboxylic acids is 4. The standard InChI is InChI=1S/C27H34N4O9/c1-6-40-26(38)25(37)29-16-10-17(30(2)3)13-7-11-8-15-19(31(4)5)21(33)18(24(28)36)23(35)27(15,39)22(34)12(11)9-14(13)20(16)32/h10-11,15,19,32-34,39H,6-9H2,1-5H3,(H2,28,36)(H,29,37)/t11?,15?,19-,27?/m0/s1. The van der Waals surface area contributed by atoms with Gasteiger partial charge in [-0.3, -0.25) is 19.3 Å². The summed E-state index contributed by atoms with van der Waals surface area (Å²) in [5.74, 6) is -7.59. The predicted octanol–water partition coefficient (Wildman–Crippen LogP) is 0.0480. The SMILES string of the molecule is CCOC(=O)C(=O)Nc1cc(N(C)C)c2c(c1O)CC1=C(O)C3(O)C(=O)C(C(N)=O)=C(O)[C@@H](N(C)C)C3CC1C2. The molecule has 216 valence electrons. The highest BCUT2D eigenvalue weighted by atomic mass is 16.5. The molecule has 13 heteroatoms. The molecule has 1 aromatic rings. The van der Waals surface area contributed by atoms with Crippen molar-refractivity contribution in [2.45, 2.75) is 37.8 Å². The Bertz CT molecular complexity index is 1380. The van der Waals surface area contributed by atoms with Gasteiger partial charge in [-0.1, -0.05) is 0 Å². The smallest absolute Gasteiger partial charge is 0.397 e. The number of Topliss-reactive ketones (excluding diaryl/α,β-unsaturated/α-hetero) is 1. The van der Waals surface area contributed by atoms with Crippen molar-refractivity contribution in [3.63, 3.8) is 0 Å². The van der Waals surface area contributed by atoms with Gasteiger partial charge in [0.25, 0.3) is 5.91 Å². The molecule has 2 amide bonds. The minimum atomic E-state index is -2.54. The van der Waals surface area contributed by atoms with E-state index in [1.807, 2.05) is 0 Å². The van der Waals surface area contributed by atoms with E-state index in [0.29, 0.717) is 16.8 Å². The summed E-state index contributed by atoms with van der Waals surface area (Å²) >= 11 is 0. The first-order valence-corrected chi connectivity index (χ1v) is 12.8. The van der Waals surface area contributed by atoms with Gasteiger partial charge in [-0.15, -0.1) is 0 Å². The van der Waals surface area contributed by atoms with Crippen LogP contribution in [0.15, 0.2) is 28.7 Å². The molecule has 3 aliphatic carbocycles. The topological polar surface area (TPSA) is 203 Å². The number of primary amides is 1. The molecule has 0 aromatic heterocycles. The molecule has 7 N–H and O–H groups in total. The normalized spacial score (nSPS) is 25.7. The summed E-state index contributed by atoms with van der Waals surface area (Å²) in [5, 5.41) is 47.6. The van der Waals surface area contributed by atoms with E-state index in [9.17, 15) is 39.6 Å². The molecule has 3 aliphatic rings. The van der Waals surface area contributed by atoms with Crippen molar-refractivity contribution in [1.82, 2.24) is 4.90 Å². The highest BCUT2D eigenvalue weighted by Crippen LogP contribution is 2.53. The molecule has 0 saturated heterocycles. The lowest BCUT2D eigenvalue weighted by Gasteiger charge is -2.50. The first-order valence-electron chi connectivity index (χ1n) is 12.8. The molecule has 0 aliphatic heterocycles. The highest BCUT2D eigenvalue weighted by molar-refractivity contribution is 6.37. The van der Waals surface area contributed by atoms with E-state index in [4.69, 9.17) is 10.5 Å². The number of phenolic OH excluding ortho intramolecular Hbond substituents is 1. The van der Waals surface area contributed by atoms with Crippen LogP contribution in [0.1, 0.15) is 24.5 Å². The van der Waals surface area contributed by atoms with Crippen molar-refractivity contribution in [1.29, 1.82) is 0 Å². The molecule has 0 radical (unpaired) electrons. The number of anilines is 2. The number of phenols is 1. The number of nitrogens with two attached hydrogens (primary N) is 1. The summed E-state index contributed by atoms with van der Waals surface area (Å²) in [5.41, 5.74) is 3.96. The summed E-state index contributed by atoms with van der Waals surface area (Å²) in [6.07, 6.45) is 0.350. The van der Waals surface area contributed by atoms with E-state index in [1.165, 1.54) is 6.07 Å². The zero-order valence-electron chi connectivity index (χ0n) is 22.9. The van der Waals surface area contributed by atoms with Gasteiger partial charge in [-0.2, -0.15) is 0 Å². The minimum Gasteiger partial charge on any atom is -0.510 e. The number of allylic oxidation sites excluding steroid dienone is 1. The number of benzene rings is 1. The van der Waals surface area contributed by atoms with Crippen LogP contribution in [0.5, 0.6) is 5.75 Å². The fourth-order valence-corrected chi connectivity index (χ4v) is 6.26. The van der Waals surface area contributed by atoms with Gasteiger partial charge in [-0.05, 0) is 57.0 Å².